The number of halogens is 1. The molecular weight excluding hydrogens is 368 g/mol. The fourth-order valence-electron chi connectivity index (χ4n) is 2.69. The molecule has 2 amide bonds. The first-order valence-electron chi connectivity index (χ1n) is 8.03. The molecule has 0 aromatic heterocycles. The molecule has 1 heterocycles. The zero-order valence-corrected chi connectivity index (χ0v) is 14.8. The van der Waals surface area contributed by atoms with Crippen LogP contribution in [0.4, 0.5) is 0 Å². The van der Waals surface area contributed by atoms with Gasteiger partial charge in [0.05, 0.1) is 5.56 Å². The molecule has 1 saturated heterocycles. The summed E-state index contributed by atoms with van der Waals surface area (Å²) >= 11 is 3.39. The molecule has 3 rings (SSSR count). The third-order valence-corrected chi connectivity index (χ3v) is 4.86. The molecule has 124 valence electrons. The fourth-order valence-corrected chi connectivity index (χ4v) is 3.15. The monoisotopic (exact) mass is 386 g/mol. The van der Waals surface area contributed by atoms with E-state index in [1.54, 1.807) is 11.0 Å². The van der Waals surface area contributed by atoms with Crippen LogP contribution in [0.1, 0.15) is 22.3 Å². The summed E-state index contributed by atoms with van der Waals surface area (Å²) in [6.07, 6.45) is 1.52. The lowest BCUT2D eigenvalue weighted by Crippen LogP contribution is -2.53. The lowest BCUT2D eigenvalue weighted by Gasteiger charge is -2.34. The van der Waals surface area contributed by atoms with Crippen LogP contribution < -0.4 is 5.32 Å². The molecule has 1 N–H and O–H groups in total. The lowest BCUT2D eigenvalue weighted by molar-refractivity contribution is -0.136. The smallest absolute Gasteiger partial charge is 0.253 e. The Kier molecular flexibility index (Phi) is 5.30. The van der Waals surface area contributed by atoms with Crippen LogP contribution >= 0.6 is 15.9 Å². The maximum absolute atomic E-state index is 12.7. The minimum absolute atomic E-state index is 0.00879. The van der Waals surface area contributed by atoms with E-state index >= 15 is 0 Å². The average molecular weight is 387 g/mol. The van der Waals surface area contributed by atoms with Gasteiger partial charge in [0, 0.05) is 24.0 Å². The Labute approximate surface area is 150 Å². The van der Waals surface area contributed by atoms with E-state index in [-0.39, 0.29) is 11.8 Å². The highest BCUT2D eigenvalue weighted by Crippen LogP contribution is 2.17. The van der Waals surface area contributed by atoms with Crippen molar-refractivity contribution >= 4 is 27.7 Å². The van der Waals surface area contributed by atoms with E-state index in [1.165, 1.54) is 0 Å². The molecular formula is C19H19BrN2O2. The molecule has 0 spiro atoms. The fraction of sp³-hybridized carbons (Fsp3) is 0.263. The quantitative estimate of drug-likeness (QED) is 0.858. The van der Waals surface area contributed by atoms with Crippen molar-refractivity contribution in [2.75, 3.05) is 13.1 Å². The number of hydrogen-bond donors (Lipinski definition) is 1. The number of amides is 2. The summed E-state index contributed by atoms with van der Waals surface area (Å²) in [6, 6.07) is 16.4. The number of hydrogen-bond acceptors (Lipinski definition) is 2. The van der Waals surface area contributed by atoms with Gasteiger partial charge < -0.3 is 10.2 Å². The Balaban J connectivity index is 1.77. The number of likely N-dealkylation sites (tertiary alicyclic amines) is 1. The van der Waals surface area contributed by atoms with Crippen LogP contribution in [0.5, 0.6) is 0 Å². The van der Waals surface area contributed by atoms with Gasteiger partial charge in [-0.3, -0.25) is 9.59 Å². The summed E-state index contributed by atoms with van der Waals surface area (Å²) < 4.78 is 0.720. The number of nitrogens with one attached hydrogen (secondary N) is 1. The van der Waals surface area contributed by atoms with Crippen molar-refractivity contribution in [1.29, 1.82) is 0 Å². The van der Waals surface area contributed by atoms with Crippen LogP contribution in [0, 0.1) is 0 Å². The first-order valence-corrected chi connectivity index (χ1v) is 8.82. The van der Waals surface area contributed by atoms with E-state index in [0.29, 0.717) is 12.0 Å². The zero-order chi connectivity index (χ0) is 16.9. The average Bonchev–Trinajstić information content (AvgIpc) is 2.54. The molecule has 0 saturated carbocycles. The van der Waals surface area contributed by atoms with Crippen molar-refractivity contribution in [2.24, 2.45) is 0 Å². The third kappa shape index (κ3) is 3.85. The van der Waals surface area contributed by atoms with E-state index < -0.39 is 6.04 Å². The Bertz CT molecular complexity index is 729. The molecule has 5 heteroatoms. The van der Waals surface area contributed by atoms with Gasteiger partial charge in [-0.15, -0.1) is 0 Å². The van der Waals surface area contributed by atoms with Gasteiger partial charge in [-0.2, -0.15) is 0 Å². The van der Waals surface area contributed by atoms with Crippen molar-refractivity contribution in [3.8, 4) is 0 Å². The van der Waals surface area contributed by atoms with E-state index in [0.717, 1.165) is 29.5 Å². The van der Waals surface area contributed by atoms with Gasteiger partial charge in [0.25, 0.3) is 5.91 Å². The molecule has 1 aliphatic rings. The second-order valence-corrected chi connectivity index (χ2v) is 6.73. The number of benzene rings is 2. The van der Waals surface area contributed by atoms with Crippen molar-refractivity contribution in [1.82, 2.24) is 10.2 Å². The van der Waals surface area contributed by atoms with E-state index in [4.69, 9.17) is 0 Å². The molecule has 0 bridgehead atoms. The van der Waals surface area contributed by atoms with Gasteiger partial charge in [-0.05, 0) is 40.0 Å². The molecule has 0 unspecified atom stereocenters. The Hall–Kier alpha value is -2.14. The minimum atomic E-state index is -0.549. The predicted octanol–water partition coefficient (Wildman–Crippen LogP) is 3.02. The van der Waals surface area contributed by atoms with Crippen LogP contribution in [0.25, 0.3) is 0 Å². The number of carbonyl (C=O) groups excluding carboxylic acids is 2. The lowest BCUT2D eigenvalue weighted by atomic mass is 10.0. The van der Waals surface area contributed by atoms with Crippen LogP contribution in [0.2, 0.25) is 0 Å². The molecule has 1 aliphatic heterocycles. The number of carbonyl (C=O) groups is 2. The highest BCUT2D eigenvalue weighted by atomic mass is 79.9. The summed E-state index contributed by atoms with van der Waals surface area (Å²) in [7, 11) is 0. The molecule has 1 fully saturated rings. The number of rotatable bonds is 5. The van der Waals surface area contributed by atoms with Crippen molar-refractivity contribution in [3.05, 3.63) is 70.2 Å². The van der Waals surface area contributed by atoms with Gasteiger partial charge in [0.15, 0.2) is 0 Å². The molecule has 2 aromatic carbocycles. The van der Waals surface area contributed by atoms with Gasteiger partial charge in [0.1, 0.15) is 6.04 Å². The molecule has 4 nitrogen and oxygen atoms in total. The van der Waals surface area contributed by atoms with Crippen LogP contribution in [0.15, 0.2) is 59.1 Å². The van der Waals surface area contributed by atoms with E-state index in [1.807, 2.05) is 48.5 Å². The van der Waals surface area contributed by atoms with Gasteiger partial charge >= 0.3 is 0 Å². The van der Waals surface area contributed by atoms with Crippen molar-refractivity contribution < 1.29 is 9.59 Å². The number of nitrogens with zero attached hydrogens (tertiary/aromatic N) is 1. The summed E-state index contributed by atoms with van der Waals surface area (Å²) in [6.45, 7) is 1.55. The molecule has 1 atom stereocenters. The standard InChI is InChI=1S/C19H19BrN2O2/c20-16-10-5-4-9-15(16)18(23)21-17(19(24)22-11-6-12-22)13-14-7-2-1-3-8-14/h1-5,7-10,17H,6,11-13H2,(H,21,23)/t17-/m0/s1. The largest absolute Gasteiger partial charge is 0.341 e. The molecule has 0 radical (unpaired) electrons. The Morgan fingerprint density at radius 2 is 1.71 bits per heavy atom. The first-order chi connectivity index (χ1) is 11.6. The third-order valence-electron chi connectivity index (χ3n) is 4.17. The Morgan fingerprint density at radius 3 is 2.33 bits per heavy atom. The molecule has 24 heavy (non-hydrogen) atoms. The second-order valence-electron chi connectivity index (χ2n) is 5.87. The zero-order valence-electron chi connectivity index (χ0n) is 13.2. The Morgan fingerprint density at radius 1 is 1.04 bits per heavy atom. The summed E-state index contributed by atoms with van der Waals surface area (Å²) in [4.78, 5) is 27.1. The van der Waals surface area contributed by atoms with Crippen LogP contribution in [0.3, 0.4) is 0 Å². The van der Waals surface area contributed by atoms with Gasteiger partial charge in [-0.25, -0.2) is 0 Å². The maximum Gasteiger partial charge on any atom is 0.253 e. The SMILES string of the molecule is O=C(N[C@@H](Cc1ccccc1)C(=O)N1CCC1)c1ccccc1Br. The summed E-state index contributed by atoms with van der Waals surface area (Å²) in [5.74, 6) is -0.247. The van der Waals surface area contributed by atoms with Crippen LogP contribution in [-0.4, -0.2) is 35.8 Å². The summed E-state index contributed by atoms with van der Waals surface area (Å²) in [5.41, 5.74) is 1.57. The highest BCUT2D eigenvalue weighted by Gasteiger charge is 2.29. The van der Waals surface area contributed by atoms with E-state index in [2.05, 4.69) is 21.2 Å². The molecule has 2 aromatic rings. The van der Waals surface area contributed by atoms with Gasteiger partial charge in [0.2, 0.25) is 5.91 Å². The van der Waals surface area contributed by atoms with Crippen LogP contribution in [-0.2, 0) is 11.2 Å². The van der Waals surface area contributed by atoms with Gasteiger partial charge in [-0.1, -0.05) is 42.5 Å². The summed E-state index contributed by atoms with van der Waals surface area (Å²) in [5, 5.41) is 2.91. The first kappa shape index (κ1) is 16.7. The normalized spacial score (nSPS) is 14.6. The predicted molar refractivity (Wildman–Crippen MR) is 96.7 cm³/mol. The van der Waals surface area contributed by atoms with Crippen molar-refractivity contribution in [3.63, 3.8) is 0 Å². The topological polar surface area (TPSA) is 49.4 Å². The second kappa shape index (κ2) is 7.62. The molecule has 0 aliphatic carbocycles. The maximum atomic E-state index is 12.7. The minimum Gasteiger partial charge on any atom is -0.341 e. The highest BCUT2D eigenvalue weighted by molar-refractivity contribution is 9.10. The van der Waals surface area contributed by atoms with Crippen molar-refractivity contribution in [2.45, 2.75) is 18.9 Å². The van der Waals surface area contributed by atoms with E-state index in [9.17, 15) is 9.59 Å².